The lowest BCUT2D eigenvalue weighted by Crippen LogP contribution is -2.27. The van der Waals surface area contributed by atoms with Gasteiger partial charge in [0.2, 0.25) is 0 Å². The van der Waals surface area contributed by atoms with E-state index in [1.165, 1.54) is 6.26 Å². The average Bonchev–Trinajstić information content (AvgIpc) is 3.20. The van der Waals surface area contributed by atoms with Crippen LogP contribution in [-0.2, 0) is 13.2 Å². The van der Waals surface area contributed by atoms with Gasteiger partial charge in [0.05, 0.1) is 20.5 Å². The molecule has 0 saturated carbocycles. The van der Waals surface area contributed by atoms with Crippen LogP contribution in [0, 0.1) is 0 Å². The second-order valence-electron chi connectivity index (χ2n) is 6.19. The number of ether oxygens (including phenoxy) is 3. The van der Waals surface area contributed by atoms with E-state index >= 15 is 0 Å². The molecule has 0 spiro atoms. The summed E-state index contributed by atoms with van der Waals surface area (Å²) in [6, 6.07) is 16.8. The summed E-state index contributed by atoms with van der Waals surface area (Å²) in [5, 5.41) is 0. The molecular weight excluding hydrogens is 358 g/mol. The van der Waals surface area contributed by atoms with E-state index in [2.05, 4.69) is 0 Å². The van der Waals surface area contributed by atoms with Crippen LogP contribution in [0.5, 0.6) is 17.2 Å². The van der Waals surface area contributed by atoms with Crippen LogP contribution in [0.4, 0.5) is 0 Å². The summed E-state index contributed by atoms with van der Waals surface area (Å²) >= 11 is 0. The Balaban J connectivity index is 1.72. The number of hydrogen-bond acceptors (Lipinski definition) is 5. The SMILES string of the molecule is COc1cccc(CN(C)C(=O)c2occc2COc2ccccc2)c1OC. The third-order valence-corrected chi connectivity index (χ3v) is 4.32. The molecule has 0 aliphatic carbocycles. The van der Waals surface area contributed by atoms with Gasteiger partial charge in [-0.05, 0) is 24.3 Å². The highest BCUT2D eigenvalue weighted by Gasteiger charge is 2.21. The Morgan fingerprint density at radius 3 is 2.46 bits per heavy atom. The van der Waals surface area contributed by atoms with E-state index in [0.29, 0.717) is 23.6 Å². The van der Waals surface area contributed by atoms with Crippen molar-refractivity contribution in [2.45, 2.75) is 13.2 Å². The first kappa shape index (κ1) is 19.4. The molecule has 0 aliphatic rings. The predicted molar refractivity (Wildman–Crippen MR) is 105 cm³/mol. The van der Waals surface area contributed by atoms with E-state index in [1.54, 1.807) is 32.2 Å². The molecule has 1 heterocycles. The zero-order chi connectivity index (χ0) is 19.9. The van der Waals surface area contributed by atoms with Gasteiger partial charge in [-0.2, -0.15) is 0 Å². The highest BCUT2D eigenvalue weighted by molar-refractivity contribution is 5.92. The van der Waals surface area contributed by atoms with Crippen molar-refractivity contribution in [1.29, 1.82) is 0 Å². The van der Waals surface area contributed by atoms with Gasteiger partial charge in [0.1, 0.15) is 12.4 Å². The molecule has 1 aromatic heterocycles. The van der Waals surface area contributed by atoms with Crippen molar-refractivity contribution in [3.05, 3.63) is 77.7 Å². The number of carbonyl (C=O) groups is 1. The van der Waals surface area contributed by atoms with Crippen molar-refractivity contribution >= 4 is 5.91 Å². The standard InChI is InChI=1S/C22H23NO5/c1-23(14-16-8-7-11-19(25-2)20(16)26-3)22(24)21-17(12-13-27-21)15-28-18-9-5-4-6-10-18/h4-13H,14-15H2,1-3H3. The van der Waals surface area contributed by atoms with E-state index < -0.39 is 0 Å². The summed E-state index contributed by atoms with van der Waals surface area (Å²) in [5.74, 6) is 1.99. The van der Waals surface area contributed by atoms with E-state index in [9.17, 15) is 4.79 Å². The first-order chi connectivity index (χ1) is 13.6. The number of carbonyl (C=O) groups excluding carboxylic acids is 1. The van der Waals surface area contributed by atoms with Crippen LogP contribution in [0.1, 0.15) is 21.7 Å². The van der Waals surface area contributed by atoms with Gasteiger partial charge >= 0.3 is 0 Å². The minimum atomic E-state index is -0.235. The van der Waals surface area contributed by atoms with Crippen LogP contribution in [0.3, 0.4) is 0 Å². The number of methoxy groups -OCH3 is 2. The van der Waals surface area contributed by atoms with Crippen molar-refractivity contribution in [3.63, 3.8) is 0 Å². The van der Waals surface area contributed by atoms with Gasteiger partial charge in [-0.25, -0.2) is 0 Å². The van der Waals surface area contributed by atoms with Crippen molar-refractivity contribution in [1.82, 2.24) is 4.90 Å². The molecule has 0 atom stereocenters. The number of hydrogen-bond donors (Lipinski definition) is 0. The monoisotopic (exact) mass is 381 g/mol. The maximum atomic E-state index is 12.9. The molecule has 1 amide bonds. The van der Waals surface area contributed by atoms with Crippen LogP contribution >= 0.6 is 0 Å². The molecule has 3 aromatic rings. The number of amides is 1. The van der Waals surface area contributed by atoms with E-state index in [0.717, 1.165) is 11.3 Å². The Morgan fingerprint density at radius 2 is 1.75 bits per heavy atom. The highest BCUT2D eigenvalue weighted by Crippen LogP contribution is 2.31. The lowest BCUT2D eigenvalue weighted by Gasteiger charge is -2.19. The first-order valence-corrected chi connectivity index (χ1v) is 8.83. The third-order valence-electron chi connectivity index (χ3n) is 4.32. The summed E-state index contributed by atoms with van der Waals surface area (Å²) < 4.78 is 22.0. The molecule has 6 heteroatoms. The fourth-order valence-corrected chi connectivity index (χ4v) is 2.89. The van der Waals surface area contributed by atoms with Crippen LogP contribution in [0.2, 0.25) is 0 Å². The second-order valence-corrected chi connectivity index (χ2v) is 6.19. The van der Waals surface area contributed by atoms with Gasteiger partial charge in [0, 0.05) is 24.7 Å². The fourth-order valence-electron chi connectivity index (χ4n) is 2.89. The summed E-state index contributed by atoms with van der Waals surface area (Å²) in [6.45, 7) is 0.594. The average molecular weight is 381 g/mol. The molecule has 0 aliphatic heterocycles. The molecule has 0 radical (unpaired) electrons. The van der Waals surface area contributed by atoms with Gasteiger partial charge in [0.25, 0.3) is 5.91 Å². The van der Waals surface area contributed by atoms with Gasteiger partial charge in [-0.15, -0.1) is 0 Å². The molecule has 0 N–H and O–H groups in total. The first-order valence-electron chi connectivity index (χ1n) is 8.83. The Labute approximate surface area is 164 Å². The molecule has 0 unspecified atom stereocenters. The lowest BCUT2D eigenvalue weighted by atomic mass is 10.1. The predicted octanol–water partition coefficient (Wildman–Crippen LogP) is 4.15. The topological polar surface area (TPSA) is 61.1 Å². The largest absolute Gasteiger partial charge is 0.493 e. The second kappa shape index (κ2) is 8.99. The van der Waals surface area contributed by atoms with Crippen molar-refractivity contribution in [3.8, 4) is 17.2 Å². The van der Waals surface area contributed by atoms with Crippen LogP contribution in [-0.4, -0.2) is 32.1 Å². The van der Waals surface area contributed by atoms with Crippen molar-refractivity contribution in [2.75, 3.05) is 21.3 Å². The Morgan fingerprint density at radius 1 is 0.964 bits per heavy atom. The molecule has 2 aromatic carbocycles. The zero-order valence-electron chi connectivity index (χ0n) is 16.2. The quantitative estimate of drug-likeness (QED) is 0.587. The third kappa shape index (κ3) is 4.28. The number of benzene rings is 2. The van der Waals surface area contributed by atoms with Gasteiger partial charge < -0.3 is 23.5 Å². The summed E-state index contributed by atoms with van der Waals surface area (Å²) in [7, 11) is 4.87. The van der Waals surface area contributed by atoms with Crippen LogP contribution in [0.25, 0.3) is 0 Å². The van der Waals surface area contributed by atoms with Crippen molar-refractivity contribution < 1.29 is 23.4 Å². The van der Waals surface area contributed by atoms with E-state index in [-0.39, 0.29) is 18.3 Å². The molecule has 3 rings (SSSR count). The van der Waals surface area contributed by atoms with Crippen LogP contribution < -0.4 is 14.2 Å². The Kier molecular flexibility index (Phi) is 6.22. The zero-order valence-corrected chi connectivity index (χ0v) is 16.2. The molecule has 0 saturated heterocycles. The smallest absolute Gasteiger partial charge is 0.290 e. The number of rotatable bonds is 8. The van der Waals surface area contributed by atoms with Crippen LogP contribution in [0.15, 0.2) is 65.3 Å². The minimum absolute atomic E-state index is 0.235. The Bertz CT molecular complexity index is 920. The summed E-state index contributed by atoms with van der Waals surface area (Å²) in [4.78, 5) is 14.5. The summed E-state index contributed by atoms with van der Waals surface area (Å²) in [6.07, 6.45) is 1.50. The fraction of sp³-hybridized carbons (Fsp3) is 0.227. The molecule has 0 bridgehead atoms. The van der Waals surface area contributed by atoms with Gasteiger partial charge in [-0.1, -0.05) is 30.3 Å². The number of nitrogens with zero attached hydrogens (tertiary/aromatic N) is 1. The maximum absolute atomic E-state index is 12.9. The lowest BCUT2D eigenvalue weighted by molar-refractivity contribution is 0.0748. The minimum Gasteiger partial charge on any atom is -0.493 e. The Hall–Kier alpha value is -3.41. The summed E-state index contributed by atoms with van der Waals surface area (Å²) in [5.41, 5.74) is 1.53. The number of para-hydroxylation sites is 2. The van der Waals surface area contributed by atoms with E-state index in [4.69, 9.17) is 18.6 Å². The normalized spacial score (nSPS) is 10.4. The maximum Gasteiger partial charge on any atom is 0.290 e. The molecule has 146 valence electrons. The van der Waals surface area contributed by atoms with Gasteiger partial charge in [-0.3, -0.25) is 4.79 Å². The van der Waals surface area contributed by atoms with E-state index in [1.807, 2.05) is 48.5 Å². The molecule has 0 fully saturated rings. The highest BCUT2D eigenvalue weighted by atomic mass is 16.5. The molecule has 28 heavy (non-hydrogen) atoms. The van der Waals surface area contributed by atoms with Gasteiger partial charge in [0.15, 0.2) is 17.3 Å². The van der Waals surface area contributed by atoms with Crippen molar-refractivity contribution in [2.24, 2.45) is 0 Å². The number of furan rings is 1. The molecular formula is C22H23NO5. The molecule has 6 nitrogen and oxygen atoms in total.